The smallest absolute Gasteiger partial charge is 0.345 e. The number of amidine groups is 1. The van der Waals surface area contributed by atoms with Crippen LogP contribution in [0.5, 0.6) is 17.2 Å². The van der Waals surface area contributed by atoms with E-state index in [9.17, 15) is 14.0 Å². The van der Waals surface area contributed by atoms with Crippen LogP contribution < -0.4 is 19.1 Å². The molecule has 9 heteroatoms. The molecule has 2 aliphatic rings. The van der Waals surface area contributed by atoms with E-state index in [0.717, 1.165) is 5.56 Å². The molecule has 2 aromatic rings. The van der Waals surface area contributed by atoms with E-state index in [2.05, 4.69) is 4.99 Å². The van der Waals surface area contributed by atoms with Gasteiger partial charge in [0, 0.05) is 19.4 Å². The number of benzene rings is 2. The van der Waals surface area contributed by atoms with Gasteiger partial charge in [-0.05, 0) is 42.0 Å². The Hall–Kier alpha value is -3.62. The van der Waals surface area contributed by atoms with Crippen LogP contribution in [0.2, 0.25) is 0 Å². The number of amides is 3. The maximum atomic E-state index is 13.4. The summed E-state index contributed by atoms with van der Waals surface area (Å²) in [7, 11) is 6.19. The zero-order valence-corrected chi connectivity index (χ0v) is 17.6. The molecule has 1 saturated heterocycles. The van der Waals surface area contributed by atoms with Crippen molar-refractivity contribution in [1.82, 2.24) is 4.90 Å². The Morgan fingerprint density at radius 1 is 1.00 bits per heavy atom. The van der Waals surface area contributed by atoms with Crippen LogP contribution in [0, 0.1) is 5.82 Å². The van der Waals surface area contributed by atoms with Crippen molar-refractivity contribution in [2.45, 2.75) is 18.4 Å². The van der Waals surface area contributed by atoms with Crippen LogP contribution in [0.15, 0.2) is 41.4 Å². The monoisotopic (exact) mass is 427 g/mol. The Balaban J connectivity index is 1.80. The van der Waals surface area contributed by atoms with Crippen molar-refractivity contribution in [3.8, 4) is 17.2 Å². The summed E-state index contributed by atoms with van der Waals surface area (Å²) >= 11 is 0. The van der Waals surface area contributed by atoms with Crippen molar-refractivity contribution < 1.29 is 28.2 Å². The van der Waals surface area contributed by atoms with Crippen LogP contribution in [-0.4, -0.2) is 57.1 Å². The van der Waals surface area contributed by atoms with Crippen molar-refractivity contribution in [3.63, 3.8) is 0 Å². The van der Waals surface area contributed by atoms with Crippen LogP contribution in [0.3, 0.4) is 0 Å². The van der Waals surface area contributed by atoms with E-state index in [-0.39, 0.29) is 18.2 Å². The first-order valence-corrected chi connectivity index (χ1v) is 9.63. The summed E-state index contributed by atoms with van der Waals surface area (Å²) in [4.78, 5) is 32.7. The molecule has 0 bridgehead atoms. The standard InChI is InChI=1S/C22H22FN3O5/c1-25-19-15(12-9-16(29-2)20(31-4)17(10-12)30-3)11-18(27)26(21(19)24-22(25)28)14-7-5-13(23)6-8-14/h5-10,15,19H,11H2,1-4H3/t15-,19-/m0/s1. The molecule has 0 N–H and O–H groups in total. The third-order valence-corrected chi connectivity index (χ3v) is 5.65. The number of fused-ring (bicyclic) bond motifs is 1. The van der Waals surface area contributed by atoms with Crippen molar-refractivity contribution >= 4 is 23.5 Å². The number of hydrogen-bond donors (Lipinski definition) is 0. The van der Waals surface area contributed by atoms with E-state index in [4.69, 9.17) is 14.2 Å². The lowest BCUT2D eigenvalue weighted by Crippen LogP contribution is -2.54. The largest absolute Gasteiger partial charge is 0.493 e. The number of ether oxygens (including phenoxy) is 3. The van der Waals surface area contributed by atoms with Crippen LogP contribution in [0.1, 0.15) is 17.9 Å². The molecule has 8 nitrogen and oxygen atoms in total. The van der Waals surface area contributed by atoms with Crippen LogP contribution in [0.25, 0.3) is 0 Å². The molecule has 1 fully saturated rings. The van der Waals surface area contributed by atoms with Crippen molar-refractivity contribution in [1.29, 1.82) is 0 Å². The highest BCUT2D eigenvalue weighted by Crippen LogP contribution is 2.44. The summed E-state index contributed by atoms with van der Waals surface area (Å²) in [6.45, 7) is 0. The second kappa shape index (κ2) is 7.90. The minimum absolute atomic E-state index is 0.108. The summed E-state index contributed by atoms with van der Waals surface area (Å²) in [5.41, 5.74) is 1.21. The molecule has 0 radical (unpaired) electrons. The molecular formula is C22H22FN3O5. The number of anilines is 1. The van der Waals surface area contributed by atoms with E-state index >= 15 is 0 Å². The summed E-state index contributed by atoms with van der Waals surface area (Å²) in [6, 6.07) is 8.15. The molecule has 0 unspecified atom stereocenters. The Kier molecular flexibility index (Phi) is 5.26. The minimum Gasteiger partial charge on any atom is -0.493 e. The third kappa shape index (κ3) is 3.35. The fourth-order valence-electron chi connectivity index (χ4n) is 4.17. The van der Waals surface area contributed by atoms with Gasteiger partial charge >= 0.3 is 6.03 Å². The highest BCUT2D eigenvalue weighted by molar-refractivity contribution is 6.25. The number of piperidine rings is 1. The van der Waals surface area contributed by atoms with Crippen molar-refractivity contribution in [3.05, 3.63) is 47.8 Å². The van der Waals surface area contributed by atoms with Gasteiger partial charge < -0.3 is 19.1 Å². The quantitative estimate of drug-likeness (QED) is 0.732. The lowest BCUT2D eigenvalue weighted by molar-refractivity contribution is -0.118. The molecule has 162 valence electrons. The molecule has 4 rings (SSSR count). The predicted octanol–water partition coefficient (Wildman–Crippen LogP) is 3.20. The molecule has 2 atom stereocenters. The first kappa shape index (κ1) is 20.6. The lowest BCUT2D eigenvalue weighted by atomic mass is 9.83. The van der Waals surface area contributed by atoms with Crippen LogP contribution >= 0.6 is 0 Å². The molecule has 0 saturated carbocycles. The van der Waals surface area contributed by atoms with Gasteiger partial charge in [-0.2, -0.15) is 4.99 Å². The van der Waals surface area contributed by atoms with E-state index in [1.165, 1.54) is 55.4 Å². The van der Waals surface area contributed by atoms with Gasteiger partial charge in [0.15, 0.2) is 11.5 Å². The van der Waals surface area contributed by atoms with Gasteiger partial charge in [0.25, 0.3) is 0 Å². The summed E-state index contributed by atoms with van der Waals surface area (Å²) in [6.07, 6.45) is 0.108. The predicted molar refractivity (Wildman–Crippen MR) is 112 cm³/mol. The van der Waals surface area contributed by atoms with E-state index in [0.29, 0.717) is 28.8 Å². The van der Waals surface area contributed by atoms with Gasteiger partial charge in [-0.15, -0.1) is 0 Å². The van der Waals surface area contributed by atoms with Gasteiger partial charge in [0.1, 0.15) is 11.7 Å². The first-order valence-electron chi connectivity index (χ1n) is 9.63. The highest BCUT2D eigenvalue weighted by Gasteiger charge is 2.48. The maximum absolute atomic E-state index is 13.4. The number of carbonyl (C=O) groups excluding carboxylic acids is 2. The van der Waals surface area contributed by atoms with E-state index in [1.807, 2.05) is 0 Å². The van der Waals surface area contributed by atoms with Crippen molar-refractivity contribution in [2.24, 2.45) is 4.99 Å². The number of likely N-dealkylation sites (N-methyl/N-ethyl adjacent to an activating group) is 1. The average molecular weight is 427 g/mol. The van der Waals surface area contributed by atoms with Crippen LogP contribution in [-0.2, 0) is 4.79 Å². The van der Waals surface area contributed by atoms with Crippen molar-refractivity contribution in [2.75, 3.05) is 33.3 Å². The number of urea groups is 1. The number of halogens is 1. The van der Waals surface area contributed by atoms with Gasteiger partial charge in [0.2, 0.25) is 11.7 Å². The van der Waals surface area contributed by atoms with Crippen LogP contribution in [0.4, 0.5) is 14.9 Å². The number of methoxy groups -OCH3 is 3. The second-order valence-corrected chi connectivity index (χ2v) is 7.28. The zero-order valence-electron chi connectivity index (χ0n) is 17.6. The molecular weight excluding hydrogens is 405 g/mol. The Morgan fingerprint density at radius 2 is 1.61 bits per heavy atom. The molecule has 0 spiro atoms. The fourth-order valence-corrected chi connectivity index (χ4v) is 4.17. The number of hydrogen-bond acceptors (Lipinski definition) is 5. The molecule has 31 heavy (non-hydrogen) atoms. The fraction of sp³-hybridized carbons (Fsp3) is 0.318. The lowest BCUT2D eigenvalue weighted by Gasteiger charge is -2.39. The average Bonchev–Trinajstić information content (AvgIpc) is 3.07. The Bertz CT molecular complexity index is 1040. The number of nitrogens with zero attached hydrogens (tertiary/aromatic N) is 3. The topological polar surface area (TPSA) is 80.7 Å². The van der Waals surface area contributed by atoms with E-state index < -0.39 is 17.9 Å². The first-order chi connectivity index (χ1) is 14.9. The SMILES string of the molecule is COc1cc([C@@H]2CC(=O)N(c3ccc(F)cc3)C3=NC(=O)N(C)[C@H]32)cc(OC)c1OC. The molecule has 2 aromatic carbocycles. The molecule has 3 amide bonds. The number of rotatable bonds is 5. The number of aliphatic imine (C=N–C) groups is 1. The van der Waals surface area contributed by atoms with Gasteiger partial charge in [0.05, 0.1) is 33.1 Å². The summed E-state index contributed by atoms with van der Waals surface area (Å²) in [5, 5.41) is 0. The number of carbonyl (C=O) groups is 2. The Labute approximate surface area is 178 Å². The van der Waals surface area contributed by atoms with E-state index in [1.54, 1.807) is 19.2 Å². The maximum Gasteiger partial charge on any atom is 0.345 e. The second-order valence-electron chi connectivity index (χ2n) is 7.28. The molecule has 2 heterocycles. The zero-order chi connectivity index (χ0) is 22.3. The molecule has 0 aliphatic carbocycles. The third-order valence-electron chi connectivity index (χ3n) is 5.65. The summed E-state index contributed by atoms with van der Waals surface area (Å²) < 4.78 is 29.7. The van der Waals surface area contributed by atoms with Gasteiger partial charge in [-0.1, -0.05) is 0 Å². The minimum atomic E-state index is -0.488. The van der Waals surface area contributed by atoms with Gasteiger partial charge in [-0.3, -0.25) is 9.69 Å². The summed E-state index contributed by atoms with van der Waals surface area (Å²) in [5.74, 6) is 0.618. The molecule has 2 aliphatic heterocycles. The normalized spacial score (nSPS) is 20.5. The Morgan fingerprint density at radius 3 is 2.16 bits per heavy atom. The highest BCUT2D eigenvalue weighted by atomic mass is 19.1. The molecule has 0 aromatic heterocycles. The van der Waals surface area contributed by atoms with Gasteiger partial charge in [-0.25, -0.2) is 9.18 Å².